The fraction of sp³-hybridized carbons (Fsp3) is 0.323. The molecule has 1 aliphatic carbocycles. The van der Waals surface area contributed by atoms with Crippen LogP contribution >= 0.6 is 0 Å². The van der Waals surface area contributed by atoms with Crippen molar-refractivity contribution in [1.82, 2.24) is 5.32 Å². The molecule has 5 N–H and O–H groups in total. The summed E-state index contributed by atoms with van der Waals surface area (Å²) in [5, 5.41) is 28.2. The molecule has 204 valence electrons. The number of hydrogen-bond donors (Lipinski definition) is 5. The van der Waals surface area contributed by atoms with Crippen LogP contribution in [0.3, 0.4) is 0 Å². The molecule has 0 radical (unpaired) electrons. The molecule has 0 aromatic heterocycles. The first-order valence-corrected chi connectivity index (χ1v) is 13.2. The standard InChI is InChI=1S/C31H35N3O5/c1-19-8-7-9-20(2)27(19)33-30(39)32-26-18-22(21-12-15-24(35)16-13-21)14-17-25(26)28(36)34-31(3,29(37)38)23-10-5-4-6-11-23/h7-9,12-18,23,35H,4-6,10-11H2,1-3H3,(H,34,36)(H,37,38)(H2,32,33,39)/t31-/m0/s1. The maximum atomic E-state index is 13.6. The molecular weight excluding hydrogens is 494 g/mol. The Bertz CT molecular complexity index is 1360. The summed E-state index contributed by atoms with van der Waals surface area (Å²) in [6.07, 6.45) is 4.37. The number of aryl methyl sites for hydroxylation is 2. The number of carboxylic acids is 1. The van der Waals surface area contributed by atoms with Crippen LogP contribution in [0, 0.1) is 19.8 Å². The number of phenolic OH excluding ortho intramolecular Hbond substituents is 1. The molecule has 8 nitrogen and oxygen atoms in total. The fourth-order valence-electron chi connectivity index (χ4n) is 5.27. The molecule has 3 aromatic rings. The Balaban J connectivity index is 1.67. The van der Waals surface area contributed by atoms with Gasteiger partial charge in [0.2, 0.25) is 0 Å². The maximum Gasteiger partial charge on any atom is 0.329 e. The van der Waals surface area contributed by atoms with E-state index in [9.17, 15) is 24.6 Å². The van der Waals surface area contributed by atoms with Crippen molar-refractivity contribution in [3.63, 3.8) is 0 Å². The van der Waals surface area contributed by atoms with Crippen molar-refractivity contribution in [3.8, 4) is 16.9 Å². The summed E-state index contributed by atoms with van der Waals surface area (Å²) in [6.45, 7) is 5.35. The van der Waals surface area contributed by atoms with Gasteiger partial charge in [0.25, 0.3) is 5.91 Å². The number of phenols is 1. The van der Waals surface area contributed by atoms with Gasteiger partial charge in [0, 0.05) is 5.69 Å². The Labute approximate surface area is 228 Å². The molecule has 0 bridgehead atoms. The third-order valence-corrected chi connectivity index (χ3v) is 7.67. The van der Waals surface area contributed by atoms with Gasteiger partial charge in [-0.05, 0) is 86.1 Å². The van der Waals surface area contributed by atoms with Gasteiger partial charge in [0.05, 0.1) is 11.3 Å². The normalized spacial score (nSPS) is 15.2. The lowest BCUT2D eigenvalue weighted by Crippen LogP contribution is -2.57. The van der Waals surface area contributed by atoms with E-state index in [1.54, 1.807) is 49.4 Å². The van der Waals surface area contributed by atoms with Gasteiger partial charge in [-0.3, -0.25) is 4.79 Å². The van der Waals surface area contributed by atoms with Crippen LogP contribution in [0.1, 0.15) is 60.5 Å². The van der Waals surface area contributed by atoms with Gasteiger partial charge >= 0.3 is 12.0 Å². The van der Waals surface area contributed by atoms with Gasteiger partial charge in [-0.15, -0.1) is 0 Å². The Hall–Kier alpha value is -4.33. The van der Waals surface area contributed by atoms with Crippen molar-refractivity contribution in [2.45, 2.75) is 58.4 Å². The number of carbonyl (C=O) groups excluding carboxylic acids is 2. The predicted octanol–water partition coefficient (Wildman–Crippen LogP) is 6.47. The first kappa shape index (κ1) is 27.7. The lowest BCUT2D eigenvalue weighted by Gasteiger charge is -2.37. The van der Waals surface area contributed by atoms with E-state index in [-0.39, 0.29) is 22.9 Å². The highest BCUT2D eigenvalue weighted by atomic mass is 16.4. The van der Waals surface area contributed by atoms with E-state index >= 15 is 0 Å². The number of aliphatic carboxylic acids is 1. The maximum absolute atomic E-state index is 13.6. The third kappa shape index (κ3) is 6.22. The SMILES string of the molecule is Cc1cccc(C)c1NC(=O)Nc1cc(-c2ccc(O)cc2)ccc1C(=O)N[C@](C)(C(=O)O)C1CCCCC1. The van der Waals surface area contributed by atoms with Crippen LogP contribution in [-0.2, 0) is 4.79 Å². The van der Waals surface area contributed by atoms with E-state index in [4.69, 9.17) is 0 Å². The number of rotatable bonds is 7. The van der Waals surface area contributed by atoms with Crippen LogP contribution in [0.25, 0.3) is 11.1 Å². The van der Waals surface area contributed by atoms with Gasteiger partial charge in [-0.2, -0.15) is 0 Å². The molecule has 1 atom stereocenters. The molecule has 0 spiro atoms. The smallest absolute Gasteiger partial charge is 0.329 e. The molecule has 0 heterocycles. The minimum absolute atomic E-state index is 0.122. The highest BCUT2D eigenvalue weighted by molar-refractivity contribution is 6.08. The summed E-state index contributed by atoms with van der Waals surface area (Å²) in [5.41, 5.74) is 2.89. The topological polar surface area (TPSA) is 128 Å². The Morgan fingerprint density at radius 2 is 1.46 bits per heavy atom. The molecule has 1 saturated carbocycles. The van der Waals surface area contributed by atoms with Crippen LogP contribution in [0.15, 0.2) is 60.7 Å². The molecule has 1 fully saturated rings. The average molecular weight is 530 g/mol. The number of anilines is 2. The summed E-state index contributed by atoms with van der Waals surface area (Å²) in [7, 11) is 0. The highest BCUT2D eigenvalue weighted by Gasteiger charge is 2.43. The molecule has 3 aromatic carbocycles. The van der Waals surface area contributed by atoms with Crippen molar-refractivity contribution in [3.05, 3.63) is 77.4 Å². The van der Waals surface area contributed by atoms with Crippen LogP contribution in [0.2, 0.25) is 0 Å². The fourth-order valence-corrected chi connectivity index (χ4v) is 5.27. The lowest BCUT2D eigenvalue weighted by molar-refractivity contribution is -0.146. The summed E-state index contributed by atoms with van der Waals surface area (Å²) in [4.78, 5) is 39.1. The number of urea groups is 1. The van der Waals surface area contributed by atoms with Crippen LogP contribution in [0.5, 0.6) is 5.75 Å². The summed E-state index contributed by atoms with van der Waals surface area (Å²) in [5.74, 6) is -1.72. The molecule has 4 rings (SSSR count). The number of aromatic hydroxyl groups is 1. The first-order chi connectivity index (χ1) is 18.6. The monoisotopic (exact) mass is 529 g/mol. The second-order valence-corrected chi connectivity index (χ2v) is 10.4. The van der Waals surface area contributed by atoms with Gasteiger partial charge in [0.1, 0.15) is 11.3 Å². The number of benzene rings is 3. The average Bonchev–Trinajstić information content (AvgIpc) is 2.91. The molecule has 39 heavy (non-hydrogen) atoms. The zero-order valence-corrected chi connectivity index (χ0v) is 22.5. The first-order valence-electron chi connectivity index (χ1n) is 13.2. The van der Waals surface area contributed by atoms with Crippen LogP contribution in [0.4, 0.5) is 16.2 Å². The number of para-hydroxylation sites is 1. The number of carboxylic acid groups (broad SMARTS) is 1. The third-order valence-electron chi connectivity index (χ3n) is 7.67. The predicted molar refractivity (Wildman–Crippen MR) is 152 cm³/mol. The quantitative estimate of drug-likeness (QED) is 0.240. The Morgan fingerprint density at radius 3 is 2.08 bits per heavy atom. The molecule has 1 aliphatic rings. The van der Waals surface area contributed by atoms with Gasteiger partial charge in [-0.1, -0.05) is 55.7 Å². The molecule has 0 aliphatic heterocycles. The lowest BCUT2D eigenvalue weighted by atomic mass is 9.75. The zero-order valence-electron chi connectivity index (χ0n) is 22.5. The van der Waals surface area contributed by atoms with Gasteiger partial charge in [0.15, 0.2) is 0 Å². The van der Waals surface area contributed by atoms with Crippen molar-refractivity contribution in [1.29, 1.82) is 0 Å². The summed E-state index contributed by atoms with van der Waals surface area (Å²) >= 11 is 0. The second kappa shape index (κ2) is 11.6. The van der Waals surface area contributed by atoms with E-state index in [0.29, 0.717) is 11.3 Å². The van der Waals surface area contributed by atoms with Gasteiger partial charge < -0.3 is 26.2 Å². The van der Waals surface area contributed by atoms with Gasteiger partial charge in [-0.25, -0.2) is 9.59 Å². The molecule has 0 unspecified atom stereocenters. The largest absolute Gasteiger partial charge is 0.508 e. The molecule has 3 amide bonds. The van der Waals surface area contributed by atoms with Crippen molar-refractivity contribution < 1.29 is 24.6 Å². The minimum atomic E-state index is -1.44. The minimum Gasteiger partial charge on any atom is -0.508 e. The van der Waals surface area contributed by atoms with E-state index in [1.807, 2.05) is 32.0 Å². The highest BCUT2D eigenvalue weighted by Crippen LogP contribution is 2.34. The number of amides is 3. The van der Waals surface area contributed by atoms with Crippen LogP contribution in [-0.4, -0.2) is 33.7 Å². The number of nitrogens with one attached hydrogen (secondary N) is 3. The second-order valence-electron chi connectivity index (χ2n) is 10.4. The van der Waals surface area contributed by atoms with E-state index < -0.39 is 23.4 Å². The number of hydrogen-bond acceptors (Lipinski definition) is 4. The summed E-state index contributed by atoms with van der Waals surface area (Å²) in [6, 6.07) is 16.7. The molecular formula is C31H35N3O5. The zero-order chi connectivity index (χ0) is 28.2. The molecule has 8 heteroatoms. The van der Waals surface area contributed by atoms with Crippen LogP contribution < -0.4 is 16.0 Å². The van der Waals surface area contributed by atoms with E-state index in [2.05, 4.69) is 16.0 Å². The Morgan fingerprint density at radius 1 is 0.846 bits per heavy atom. The van der Waals surface area contributed by atoms with Crippen molar-refractivity contribution in [2.24, 2.45) is 5.92 Å². The van der Waals surface area contributed by atoms with E-state index in [1.165, 1.54) is 0 Å². The number of carbonyl (C=O) groups is 3. The summed E-state index contributed by atoms with van der Waals surface area (Å²) < 4.78 is 0. The molecule has 0 saturated heterocycles. The Kier molecular flexibility index (Phi) is 8.24. The van der Waals surface area contributed by atoms with Crippen molar-refractivity contribution >= 4 is 29.3 Å². The van der Waals surface area contributed by atoms with E-state index in [0.717, 1.165) is 48.8 Å². The van der Waals surface area contributed by atoms with Crippen molar-refractivity contribution in [2.75, 3.05) is 10.6 Å².